The molecule has 1 rings (SSSR count). The molecule has 24 heavy (non-hydrogen) atoms. The van der Waals surface area contributed by atoms with Gasteiger partial charge in [0, 0.05) is 52.0 Å². The van der Waals surface area contributed by atoms with Gasteiger partial charge in [0.25, 0.3) is 0 Å². The van der Waals surface area contributed by atoms with Crippen LogP contribution in [0.3, 0.4) is 0 Å². The Morgan fingerprint density at radius 3 is 1.67 bits per heavy atom. The highest BCUT2D eigenvalue weighted by Gasteiger charge is 2.39. The Hall–Kier alpha value is 0.234. The summed E-state index contributed by atoms with van der Waals surface area (Å²) < 4.78 is 20.5. The Balaban J connectivity index is 2.31. The van der Waals surface area contributed by atoms with Gasteiger partial charge in [-0.3, -0.25) is 0 Å². The molecule has 0 bridgehead atoms. The third-order valence-electron chi connectivity index (χ3n) is 4.62. The van der Waals surface area contributed by atoms with Crippen molar-refractivity contribution in [2.45, 2.75) is 59.3 Å². The van der Waals surface area contributed by atoms with Crippen LogP contribution in [0.4, 0.5) is 0 Å². The van der Waals surface area contributed by atoms with Crippen LogP contribution in [0.15, 0.2) is 0 Å². The molecule has 0 spiro atoms. The second-order valence-corrected chi connectivity index (χ2v) is 15.1. The first-order valence-electron chi connectivity index (χ1n) is 9.76. The molecule has 0 aromatic heterocycles. The minimum atomic E-state index is -2.44. The largest absolute Gasteiger partial charge is 0.500 e. The molecule has 1 aliphatic heterocycles. The summed E-state index contributed by atoms with van der Waals surface area (Å²) in [6.45, 7) is 21.5. The molecule has 0 amide bonds. The van der Waals surface area contributed by atoms with Crippen molar-refractivity contribution in [3.05, 3.63) is 0 Å². The molecule has 0 N–H and O–H groups in total. The Morgan fingerprint density at radius 2 is 1.25 bits per heavy atom. The van der Waals surface area contributed by atoms with Crippen molar-refractivity contribution in [2.24, 2.45) is 0 Å². The van der Waals surface area contributed by atoms with Crippen LogP contribution in [0, 0.1) is 0 Å². The maximum absolute atomic E-state index is 5.93. The zero-order valence-electron chi connectivity index (χ0n) is 16.9. The molecule has 1 heterocycles. The number of piperazine rings is 1. The van der Waals surface area contributed by atoms with Crippen LogP contribution in [-0.4, -0.2) is 79.0 Å². The lowest BCUT2D eigenvalue weighted by molar-refractivity contribution is 0.0703. The molecule has 5 nitrogen and oxygen atoms in total. The predicted molar refractivity (Wildman–Crippen MR) is 106 cm³/mol. The lowest BCUT2D eigenvalue weighted by Crippen LogP contribution is -2.56. The van der Waals surface area contributed by atoms with Crippen molar-refractivity contribution in [2.75, 3.05) is 52.5 Å². The first kappa shape index (κ1) is 22.3. The van der Waals surface area contributed by atoms with Crippen LogP contribution in [0.2, 0.25) is 25.7 Å². The van der Waals surface area contributed by atoms with E-state index in [2.05, 4.69) is 29.1 Å². The first-order chi connectivity index (χ1) is 11.4. The van der Waals surface area contributed by atoms with Crippen molar-refractivity contribution in [1.29, 1.82) is 0 Å². The number of nitrogens with zero attached hydrogens (tertiary/aromatic N) is 2. The molecule has 0 aromatic carbocycles. The minimum Gasteiger partial charge on any atom is -0.374 e. The summed E-state index contributed by atoms with van der Waals surface area (Å²) in [5.41, 5.74) is 0. The Bertz CT molecular complexity index is 315. The summed E-state index contributed by atoms with van der Waals surface area (Å²) in [6.07, 6.45) is 2.33. The minimum absolute atomic E-state index is 0.672. The molecular weight excluding hydrogens is 336 g/mol. The monoisotopic (exact) mass is 376 g/mol. The number of unbranched alkanes of at least 4 members (excludes halogenated alkanes) is 1. The van der Waals surface area contributed by atoms with Gasteiger partial charge in [-0.1, -0.05) is 19.6 Å². The summed E-state index contributed by atoms with van der Waals surface area (Å²) >= 11 is 0. The topological polar surface area (TPSA) is 34.2 Å². The van der Waals surface area contributed by atoms with Gasteiger partial charge in [0.1, 0.15) is 8.24 Å². The van der Waals surface area contributed by atoms with Gasteiger partial charge in [0.15, 0.2) is 0 Å². The van der Waals surface area contributed by atoms with Crippen LogP contribution in [0.25, 0.3) is 0 Å². The van der Waals surface area contributed by atoms with Gasteiger partial charge in [-0.05, 0) is 40.2 Å². The van der Waals surface area contributed by atoms with Crippen molar-refractivity contribution in [3.63, 3.8) is 0 Å². The van der Waals surface area contributed by atoms with E-state index in [1.807, 2.05) is 20.8 Å². The first-order valence-corrected chi connectivity index (χ1v) is 15.1. The molecule has 0 unspecified atom stereocenters. The normalized spacial score (nSPS) is 18.2. The van der Waals surface area contributed by atoms with Crippen molar-refractivity contribution in [3.8, 4) is 0 Å². The number of rotatable bonds is 12. The standard InChI is InChI=1S/C17H40N2O3Si2/c1-7-20-24(21-8-2,22-9-3)17-11-10-12-18-13-15-19(16-14-18)23(4,5)6/h7-17H2,1-6H3. The Morgan fingerprint density at radius 1 is 0.750 bits per heavy atom. The molecule has 0 saturated carbocycles. The fraction of sp³-hybridized carbons (Fsp3) is 1.00. The Labute approximate surface area is 152 Å². The van der Waals surface area contributed by atoms with Crippen molar-refractivity contribution >= 4 is 17.0 Å². The van der Waals surface area contributed by atoms with E-state index in [-0.39, 0.29) is 0 Å². The summed E-state index contributed by atoms with van der Waals surface area (Å²) in [4.78, 5) is 2.61. The third-order valence-corrected chi connectivity index (χ3v) is 10.1. The average Bonchev–Trinajstić information content (AvgIpc) is 2.52. The van der Waals surface area contributed by atoms with Crippen LogP contribution in [-0.2, 0) is 13.3 Å². The van der Waals surface area contributed by atoms with Gasteiger partial charge in [0.2, 0.25) is 0 Å². The van der Waals surface area contributed by atoms with E-state index in [1.54, 1.807) is 0 Å². The molecule has 7 heteroatoms. The molecule has 144 valence electrons. The lowest BCUT2D eigenvalue weighted by atomic mass is 10.3. The SMILES string of the molecule is CCO[Si](CCCCN1CCN([Si](C)(C)C)CC1)(OCC)OCC. The lowest BCUT2D eigenvalue weighted by Gasteiger charge is -2.41. The van der Waals surface area contributed by atoms with Crippen LogP contribution in [0.1, 0.15) is 33.6 Å². The predicted octanol–water partition coefficient (Wildman–Crippen LogP) is 3.27. The molecular formula is C17H40N2O3Si2. The summed E-state index contributed by atoms with van der Waals surface area (Å²) in [5, 5.41) is 0. The molecule has 0 radical (unpaired) electrons. The Kier molecular flexibility index (Phi) is 10.3. The summed E-state index contributed by atoms with van der Waals surface area (Å²) in [6, 6.07) is 0.942. The maximum atomic E-state index is 5.93. The van der Waals surface area contributed by atoms with E-state index in [4.69, 9.17) is 13.3 Å². The summed E-state index contributed by atoms with van der Waals surface area (Å²) in [5.74, 6) is 0. The average molecular weight is 377 g/mol. The molecule has 1 aliphatic rings. The number of hydrogen-bond acceptors (Lipinski definition) is 5. The maximum Gasteiger partial charge on any atom is 0.500 e. The molecule has 1 saturated heterocycles. The van der Waals surface area contributed by atoms with Gasteiger partial charge >= 0.3 is 8.80 Å². The second kappa shape index (κ2) is 11.1. The smallest absolute Gasteiger partial charge is 0.374 e. The van der Waals surface area contributed by atoms with Crippen LogP contribution in [0.5, 0.6) is 0 Å². The fourth-order valence-corrected chi connectivity index (χ4v) is 7.55. The molecule has 1 fully saturated rings. The second-order valence-electron chi connectivity index (χ2n) is 7.44. The van der Waals surface area contributed by atoms with Crippen molar-refractivity contribution in [1.82, 2.24) is 9.47 Å². The van der Waals surface area contributed by atoms with E-state index in [0.717, 1.165) is 12.5 Å². The van der Waals surface area contributed by atoms with E-state index in [9.17, 15) is 0 Å². The summed E-state index contributed by atoms with van der Waals surface area (Å²) in [7, 11) is -3.55. The van der Waals surface area contributed by atoms with Gasteiger partial charge in [-0.25, -0.2) is 0 Å². The molecule has 0 aliphatic carbocycles. The van der Waals surface area contributed by atoms with Crippen molar-refractivity contribution < 1.29 is 13.3 Å². The van der Waals surface area contributed by atoms with E-state index >= 15 is 0 Å². The van der Waals surface area contributed by atoms with Crippen LogP contribution < -0.4 is 0 Å². The molecule has 0 aromatic rings. The highest BCUT2D eigenvalue weighted by Crippen LogP contribution is 2.20. The van der Waals surface area contributed by atoms with Gasteiger partial charge < -0.3 is 22.7 Å². The van der Waals surface area contributed by atoms with E-state index in [1.165, 1.54) is 39.1 Å². The van der Waals surface area contributed by atoms with Gasteiger partial charge in [-0.15, -0.1) is 0 Å². The molecule has 0 atom stereocenters. The quantitative estimate of drug-likeness (QED) is 0.386. The van der Waals surface area contributed by atoms with E-state index < -0.39 is 17.0 Å². The zero-order chi connectivity index (χ0) is 18.1. The fourth-order valence-electron chi connectivity index (χ4n) is 3.32. The van der Waals surface area contributed by atoms with Crippen LogP contribution >= 0.6 is 0 Å². The highest BCUT2D eigenvalue weighted by molar-refractivity contribution is 6.73. The van der Waals surface area contributed by atoms with Gasteiger partial charge in [0.05, 0.1) is 0 Å². The highest BCUT2D eigenvalue weighted by atomic mass is 28.4. The van der Waals surface area contributed by atoms with E-state index in [0.29, 0.717) is 19.8 Å². The zero-order valence-corrected chi connectivity index (χ0v) is 18.9. The third kappa shape index (κ3) is 7.64. The number of hydrogen-bond donors (Lipinski definition) is 0. The van der Waals surface area contributed by atoms with Gasteiger partial charge in [-0.2, -0.15) is 0 Å².